The second-order valence-corrected chi connectivity index (χ2v) is 4.43. The van der Waals surface area contributed by atoms with Gasteiger partial charge in [-0.1, -0.05) is 0 Å². The van der Waals surface area contributed by atoms with E-state index in [4.69, 9.17) is 17.0 Å². The Labute approximate surface area is 94.6 Å². The first kappa shape index (κ1) is 10.8. The van der Waals surface area contributed by atoms with Crippen molar-refractivity contribution in [3.05, 3.63) is 10.6 Å². The van der Waals surface area contributed by atoms with E-state index in [2.05, 4.69) is 21.7 Å². The van der Waals surface area contributed by atoms with Crippen LogP contribution in [0.15, 0.2) is 0 Å². The van der Waals surface area contributed by atoms with Gasteiger partial charge in [-0.2, -0.15) is 5.10 Å². The molecule has 5 heteroatoms. The van der Waals surface area contributed by atoms with Crippen molar-refractivity contribution < 1.29 is 4.74 Å². The monoisotopic (exact) mass is 227 g/mol. The molecule has 1 aliphatic carbocycles. The number of rotatable bonds is 5. The molecule has 1 unspecified atom stereocenters. The third-order valence-electron chi connectivity index (χ3n) is 2.68. The van der Waals surface area contributed by atoms with Crippen molar-refractivity contribution in [2.75, 3.05) is 13.2 Å². The SMILES string of the molecule is CCOCC(C)n1c(C2CC2)n[nH]c1=S. The highest BCUT2D eigenvalue weighted by atomic mass is 32.1. The van der Waals surface area contributed by atoms with Crippen LogP contribution in [0, 0.1) is 4.77 Å². The van der Waals surface area contributed by atoms with E-state index in [0.29, 0.717) is 17.3 Å². The summed E-state index contributed by atoms with van der Waals surface area (Å²) in [4.78, 5) is 0. The molecular formula is C10H17N3OS. The lowest BCUT2D eigenvalue weighted by molar-refractivity contribution is 0.117. The minimum absolute atomic E-state index is 0.270. The van der Waals surface area contributed by atoms with Gasteiger partial charge in [-0.25, -0.2) is 0 Å². The van der Waals surface area contributed by atoms with Crippen molar-refractivity contribution in [1.29, 1.82) is 0 Å². The predicted octanol–water partition coefficient (Wildman–Crippen LogP) is 2.42. The lowest BCUT2D eigenvalue weighted by Gasteiger charge is -2.14. The summed E-state index contributed by atoms with van der Waals surface area (Å²) in [5, 5.41) is 7.17. The maximum Gasteiger partial charge on any atom is 0.195 e. The Hall–Kier alpha value is -0.680. The lowest BCUT2D eigenvalue weighted by atomic mass is 10.3. The van der Waals surface area contributed by atoms with Crippen molar-refractivity contribution in [2.45, 2.75) is 38.6 Å². The van der Waals surface area contributed by atoms with Crippen molar-refractivity contribution >= 4 is 12.2 Å². The molecular weight excluding hydrogens is 210 g/mol. The molecule has 0 saturated heterocycles. The molecule has 0 amide bonds. The molecule has 15 heavy (non-hydrogen) atoms. The number of aromatic nitrogens is 3. The molecule has 1 aromatic rings. The van der Waals surface area contributed by atoms with Gasteiger partial charge in [0.05, 0.1) is 12.6 Å². The van der Waals surface area contributed by atoms with Gasteiger partial charge in [0.1, 0.15) is 5.82 Å². The van der Waals surface area contributed by atoms with Crippen molar-refractivity contribution in [3.63, 3.8) is 0 Å². The van der Waals surface area contributed by atoms with Crippen LogP contribution >= 0.6 is 12.2 Å². The number of hydrogen-bond donors (Lipinski definition) is 1. The standard InChI is InChI=1S/C10H17N3OS/c1-3-14-6-7(2)13-9(8-4-5-8)11-12-10(13)15/h7-8H,3-6H2,1-2H3,(H,12,15). The van der Waals surface area contributed by atoms with Gasteiger partial charge < -0.3 is 4.74 Å². The maximum absolute atomic E-state index is 5.42. The van der Waals surface area contributed by atoms with Gasteiger partial charge in [-0.05, 0) is 38.9 Å². The number of ether oxygens (including phenoxy) is 1. The second-order valence-electron chi connectivity index (χ2n) is 4.04. The largest absolute Gasteiger partial charge is 0.380 e. The molecule has 1 aliphatic rings. The molecule has 0 aliphatic heterocycles. The van der Waals surface area contributed by atoms with E-state index >= 15 is 0 Å². The molecule has 1 atom stereocenters. The summed E-state index contributed by atoms with van der Waals surface area (Å²) >= 11 is 5.24. The maximum atomic E-state index is 5.42. The minimum atomic E-state index is 0.270. The first-order valence-electron chi connectivity index (χ1n) is 5.48. The van der Waals surface area contributed by atoms with Gasteiger partial charge in [-0.15, -0.1) is 0 Å². The Morgan fingerprint density at radius 3 is 3.00 bits per heavy atom. The van der Waals surface area contributed by atoms with E-state index in [1.807, 2.05) is 6.92 Å². The third kappa shape index (κ3) is 2.29. The Bertz CT molecular complexity index is 380. The minimum Gasteiger partial charge on any atom is -0.380 e. The Balaban J connectivity index is 2.17. The number of nitrogens with zero attached hydrogens (tertiary/aromatic N) is 2. The second kappa shape index (κ2) is 4.45. The van der Waals surface area contributed by atoms with Gasteiger partial charge >= 0.3 is 0 Å². The summed E-state index contributed by atoms with van der Waals surface area (Å²) in [6.45, 7) is 5.56. The van der Waals surface area contributed by atoms with Crippen LogP contribution in [0.4, 0.5) is 0 Å². The smallest absolute Gasteiger partial charge is 0.195 e. The van der Waals surface area contributed by atoms with Crippen LogP contribution in [-0.2, 0) is 4.74 Å². The first-order valence-corrected chi connectivity index (χ1v) is 5.89. The number of hydrogen-bond acceptors (Lipinski definition) is 3. The van der Waals surface area contributed by atoms with E-state index in [0.717, 1.165) is 12.4 Å². The van der Waals surface area contributed by atoms with Crippen LogP contribution in [0.25, 0.3) is 0 Å². The van der Waals surface area contributed by atoms with E-state index in [1.54, 1.807) is 0 Å². The highest BCUT2D eigenvalue weighted by Crippen LogP contribution is 2.39. The van der Waals surface area contributed by atoms with Crippen LogP contribution in [0.5, 0.6) is 0 Å². The Morgan fingerprint density at radius 2 is 2.40 bits per heavy atom. The van der Waals surface area contributed by atoms with Crippen LogP contribution in [-0.4, -0.2) is 28.0 Å². The van der Waals surface area contributed by atoms with Crippen LogP contribution in [0.2, 0.25) is 0 Å². The van der Waals surface area contributed by atoms with Gasteiger partial charge in [-0.3, -0.25) is 9.67 Å². The average molecular weight is 227 g/mol. The summed E-state index contributed by atoms with van der Waals surface area (Å²) in [7, 11) is 0. The van der Waals surface area contributed by atoms with Crippen LogP contribution < -0.4 is 0 Å². The zero-order valence-corrected chi connectivity index (χ0v) is 10.0. The van der Waals surface area contributed by atoms with E-state index in [-0.39, 0.29) is 6.04 Å². The molecule has 0 bridgehead atoms. The van der Waals surface area contributed by atoms with Gasteiger partial charge in [0.2, 0.25) is 0 Å². The fourth-order valence-electron chi connectivity index (χ4n) is 1.74. The zero-order chi connectivity index (χ0) is 10.8. The fourth-order valence-corrected chi connectivity index (χ4v) is 2.05. The number of aromatic amines is 1. The first-order chi connectivity index (χ1) is 7.24. The average Bonchev–Trinajstić information content (AvgIpc) is 2.99. The van der Waals surface area contributed by atoms with Gasteiger partial charge in [0, 0.05) is 12.5 Å². The van der Waals surface area contributed by atoms with Gasteiger partial charge in [0.15, 0.2) is 4.77 Å². The van der Waals surface area contributed by atoms with Gasteiger partial charge in [0.25, 0.3) is 0 Å². The number of nitrogens with one attached hydrogen (secondary N) is 1. The molecule has 2 rings (SSSR count). The van der Waals surface area contributed by atoms with E-state index < -0.39 is 0 Å². The molecule has 4 nitrogen and oxygen atoms in total. The van der Waals surface area contributed by atoms with E-state index in [1.165, 1.54) is 12.8 Å². The normalized spacial score (nSPS) is 18.0. The molecule has 1 N–H and O–H groups in total. The van der Waals surface area contributed by atoms with Crippen LogP contribution in [0.3, 0.4) is 0 Å². The molecule has 84 valence electrons. The number of H-pyrrole nitrogens is 1. The fraction of sp³-hybridized carbons (Fsp3) is 0.800. The summed E-state index contributed by atoms with van der Waals surface area (Å²) < 4.78 is 8.23. The third-order valence-corrected chi connectivity index (χ3v) is 2.97. The lowest BCUT2D eigenvalue weighted by Crippen LogP contribution is -2.15. The molecule has 0 spiro atoms. The van der Waals surface area contributed by atoms with E-state index in [9.17, 15) is 0 Å². The zero-order valence-electron chi connectivity index (χ0n) is 9.19. The topological polar surface area (TPSA) is 42.8 Å². The molecule has 1 saturated carbocycles. The molecule has 0 aromatic carbocycles. The highest BCUT2D eigenvalue weighted by Gasteiger charge is 2.30. The molecule has 0 radical (unpaired) electrons. The summed E-state index contributed by atoms with van der Waals surface area (Å²) in [6.07, 6.45) is 2.47. The molecule has 1 fully saturated rings. The van der Waals surface area contributed by atoms with Crippen molar-refractivity contribution in [3.8, 4) is 0 Å². The van der Waals surface area contributed by atoms with Crippen molar-refractivity contribution in [2.24, 2.45) is 0 Å². The van der Waals surface area contributed by atoms with Crippen molar-refractivity contribution in [1.82, 2.24) is 14.8 Å². The summed E-state index contributed by atoms with van der Waals surface area (Å²) in [5.41, 5.74) is 0. The van der Waals surface area contributed by atoms with Crippen LogP contribution in [0.1, 0.15) is 44.5 Å². The molecule has 1 aromatic heterocycles. The quantitative estimate of drug-likeness (QED) is 0.786. The highest BCUT2D eigenvalue weighted by molar-refractivity contribution is 7.71. The summed E-state index contributed by atoms with van der Waals surface area (Å²) in [6, 6.07) is 0.270. The Morgan fingerprint density at radius 1 is 1.67 bits per heavy atom. The predicted molar refractivity (Wildman–Crippen MR) is 60.6 cm³/mol. The molecule has 1 heterocycles. The summed E-state index contributed by atoms with van der Waals surface area (Å²) in [5.74, 6) is 1.72. The Kier molecular flexibility index (Phi) is 3.21.